The minimum atomic E-state index is -4.83. The van der Waals surface area contributed by atoms with Crippen molar-refractivity contribution in [3.05, 3.63) is 52.2 Å². The standard InChI is InChI=1S/C15H10F5NO3/c1-6-5-8(14(22)23)13(21-12(6)15(18,19)20)24-10-4-3-9(16)11(17)7(10)2/h3-5H,1-2H3,(H,22,23). The summed E-state index contributed by atoms with van der Waals surface area (Å²) in [7, 11) is 0. The average molecular weight is 347 g/mol. The first-order valence-corrected chi connectivity index (χ1v) is 6.47. The summed E-state index contributed by atoms with van der Waals surface area (Å²) in [6, 6.07) is 2.42. The molecule has 128 valence electrons. The highest BCUT2D eigenvalue weighted by Crippen LogP contribution is 2.35. The van der Waals surface area contributed by atoms with Crippen molar-refractivity contribution in [1.82, 2.24) is 4.98 Å². The maximum atomic E-state index is 13.5. The minimum absolute atomic E-state index is 0.331. The van der Waals surface area contributed by atoms with Crippen molar-refractivity contribution >= 4 is 5.97 Å². The molecule has 1 heterocycles. The number of pyridine rings is 1. The van der Waals surface area contributed by atoms with Crippen LogP contribution in [0.2, 0.25) is 0 Å². The Morgan fingerprint density at radius 1 is 1.21 bits per heavy atom. The summed E-state index contributed by atoms with van der Waals surface area (Å²) in [6.45, 7) is 2.18. The van der Waals surface area contributed by atoms with E-state index >= 15 is 0 Å². The Bertz CT molecular complexity index is 818. The van der Waals surface area contributed by atoms with Crippen LogP contribution < -0.4 is 4.74 Å². The van der Waals surface area contributed by atoms with E-state index in [9.17, 15) is 26.7 Å². The number of hydrogen-bond acceptors (Lipinski definition) is 3. The van der Waals surface area contributed by atoms with Gasteiger partial charge in [0.05, 0.1) is 0 Å². The number of halogens is 5. The zero-order chi connectivity index (χ0) is 18.2. The van der Waals surface area contributed by atoms with Crippen molar-refractivity contribution in [1.29, 1.82) is 0 Å². The van der Waals surface area contributed by atoms with E-state index in [1.54, 1.807) is 0 Å². The fraction of sp³-hybridized carbons (Fsp3) is 0.200. The molecular weight excluding hydrogens is 337 g/mol. The number of carbonyl (C=O) groups is 1. The number of carboxylic acids is 1. The number of carboxylic acid groups (broad SMARTS) is 1. The molecule has 4 nitrogen and oxygen atoms in total. The molecule has 1 N–H and O–H groups in total. The maximum absolute atomic E-state index is 13.5. The smallest absolute Gasteiger partial charge is 0.433 e. The van der Waals surface area contributed by atoms with Gasteiger partial charge in [0.15, 0.2) is 17.3 Å². The van der Waals surface area contributed by atoms with Gasteiger partial charge in [-0.15, -0.1) is 0 Å². The lowest BCUT2D eigenvalue weighted by atomic mass is 10.1. The first kappa shape index (κ1) is 17.6. The van der Waals surface area contributed by atoms with Crippen molar-refractivity contribution in [2.45, 2.75) is 20.0 Å². The van der Waals surface area contributed by atoms with Gasteiger partial charge in [-0.1, -0.05) is 0 Å². The van der Waals surface area contributed by atoms with Crippen LogP contribution in [0.25, 0.3) is 0 Å². The van der Waals surface area contributed by atoms with E-state index in [2.05, 4.69) is 4.98 Å². The number of aromatic nitrogens is 1. The first-order valence-electron chi connectivity index (χ1n) is 6.47. The van der Waals surface area contributed by atoms with Crippen LogP contribution in [-0.4, -0.2) is 16.1 Å². The van der Waals surface area contributed by atoms with Crippen LogP contribution in [-0.2, 0) is 6.18 Å². The zero-order valence-electron chi connectivity index (χ0n) is 12.3. The number of hydrogen-bond donors (Lipinski definition) is 1. The molecule has 0 bridgehead atoms. The van der Waals surface area contributed by atoms with E-state index in [1.165, 1.54) is 0 Å². The molecule has 0 fully saturated rings. The summed E-state index contributed by atoms with van der Waals surface area (Å²) in [6.07, 6.45) is -4.83. The van der Waals surface area contributed by atoms with Gasteiger partial charge in [0.2, 0.25) is 5.88 Å². The van der Waals surface area contributed by atoms with Crippen molar-refractivity contribution < 1.29 is 36.6 Å². The molecule has 0 radical (unpaired) electrons. The number of aromatic carboxylic acids is 1. The Morgan fingerprint density at radius 3 is 2.38 bits per heavy atom. The van der Waals surface area contributed by atoms with Crippen molar-refractivity contribution in [2.75, 3.05) is 0 Å². The van der Waals surface area contributed by atoms with Gasteiger partial charge in [-0.05, 0) is 37.6 Å². The monoisotopic (exact) mass is 347 g/mol. The van der Waals surface area contributed by atoms with Gasteiger partial charge in [0, 0.05) is 5.56 Å². The summed E-state index contributed by atoms with van der Waals surface area (Å²) in [5, 5.41) is 9.09. The van der Waals surface area contributed by atoms with Crippen LogP contribution in [0.15, 0.2) is 18.2 Å². The van der Waals surface area contributed by atoms with E-state index in [0.29, 0.717) is 6.07 Å². The van der Waals surface area contributed by atoms with Crippen LogP contribution in [0.1, 0.15) is 27.2 Å². The summed E-state index contributed by atoms with van der Waals surface area (Å²) in [5.74, 6) is -5.22. The Morgan fingerprint density at radius 2 is 1.83 bits per heavy atom. The molecule has 1 aromatic carbocycles. The number of alkyl halides is 3. The molecule has 0 spiro atoms. The van der Waals surface area contributed by atoms with Crippen LogP contribution in [0.5, 0.6) is 11.6 Å². The fourth-order valence-electron chi connectivity index (χ4n) is 1.96. The predicted octanol–water partition coefficient (Wildman–Crippen LogP) is 4.49. The minimum Gasteiger partial charge on any atom is -0.477 e. The van der Waals surface area contributed by atoms with Crippen LogP contribution in [0.3, 0.4) is 0 Å². The lowest BCUT2D eigenvalue weighted by Gasteiger charge is -2.15. The molecule has 9 heteroatoms. The number of nitrogens with zero attached hydrogens (tertiary/aromatic N) is 1. The van der Waals surface area contributed by atoms with Crippen LogP contribution in [0.4, 0.5) is 22.0 Å². The SMILES string of the molecule is Cc1cc(C(=O)O)c(Oc2ccc(F)c(F)c2C)nc1C(F)(F)F. The van der Waals surface area contributed by atoms with Crippen molar-refractivity contribution in [3.8, 4) is 11.6 Å². The maximum Gasteiger partial charge on any atom is 0.433 e. The molecule has 0 aliphatic heterocycles. The molecule has 0 saturated heterocycles. The predicted molar refractivity (Wildman–Crippen MR) is 72.1 cm³/mol. The van der Waals surface area contributed by atoms with Gasteiger partial charge in [0.1, 0.15) is 11.3 Å². The first-order chi connectivity index (χ1) is 11.0. The molecule has 0 amide bonds. The Hall–Kier alpha value is -2.71. The van der Waals surface area contributed by atoms with Gasteiger partial charge in [-0.2, -0.15) is 13.2 Å². The van der Waals surface area contributed by atoms with E-state index in [-0.39, 0.29) is 11.3 Å². The van der Waals surface area contributed by atoms with E-state index < -0.39 is 46.5 Å². The number of aryl methyl sites for hydroxylation is 1. The van der Waals surface area contributed by atoms with Gasteiger partial charge >= 0.3 is 12.1 Å². The number of benzene rings is 1. The quantitative estimate of drug-likeness (QED) is 0.832. The summed E-state index contributed by atoms with van der Waals surface area (Å²) in [4.78, 5) is 14.4. The molecule has 24 heavy (non-hydrogen) atoms. The highest BCUT2D eigenvalue weighted by Gasteiger charge is 2.36. The van der Waals surface area contributed by atoms with Gasteiger partial charge in [-0.25, -0.2) is 18.6 Å². The topological polar surface area (TPSA) is 59.4 Å². The third kappa shape index (κ3) is 3.29. The van der Waals surface area contributed by atoms with Crippen LogP contribution >= 0.6 is 0 Å². The number of rotatable bonds is 3. The molecule has 2 aromatic rings. The molecule has 0 aliphatic rings. The molecule has 0 atom stereocenters. The lowest BCUT2D eigenvalue weighted by Crippen LogP contribution is -2.14. The Balaban J connectivity index is 2.60. The fourth-order valence-corrected chi connectivity index (χ4v) is 1.96. The molecule has 2 rings (SSSR count). The third-order valence-corrected chi connectivity index (χ3v) is 3.17. The van der Waals surface area contributed by atoms with Gasteiger partial charge in [0.25, 0.3) is 0 Å². The largest absolute Gasteiger partial charge is 0.477 e. The van der Waals surface area contributed by atoms with Gasteiger partial charge < -0.3 is 9.84 Å². The molecule has 0 saturated carbocycles. The summed E-state index contributed by atoms with van der Waals surface area (Å²) < 4.78 is 70.4. The Labute approximate surface area is 132 Å². The average Bonchev–Trinajstić information content (AvgIpc) is 2.47. The lowest BCUT2D eigenvalue weighted by molar-refractivity contribution is -0.141. The van der Waals surface area contributed by atoms with E-state index in [0.717, 1.165) is 26.0 Å². The zero-order valence-corrected chi connectivity index (χ0v) is 12.3. The second kappa shape index (κ2) is 6.06. The Kier molecular flexibility index (Phi) is 4.46. The number of ether oxygens (including phenoxy) is 1. The van der Waals surface area contributed by atoms with Crippen LogP contribution in [0, 0.1) is 25.5 Å². The molecule has 0 aliphatic carbocycles. The molecular formula is C15H10F5NO3. The third-order valence-electron chi connectivity index (χ3n) is 3.17. The second-order valence-corrected chi connectivity index (χ2v) is 4.90. The normalized spacial score (nSPS) is 11.5. The van der Waals surface area contributed by atoms with E-state index in [4.69, 9.17) is 9.84 Å². The second-order valence-electron chi connectivity index (χ2n) is 4.90. The van der Waals surface area contributed by atoms with E-state index in [1.807, 2.05) is 0 Å². The van der Waals surface area contributed by atoms with Crippen molar-refractivity contribution in [2.24, 2.45) is 0 Å². The van der Waals surface area contributed by atoms with Gasteiger partial charge in [-0.3, -0.25) is 0 Å². The molecule has 1 aromatic heterocycles. The highest BCUT2D eigenvalue weighted by atomic mass is 19.4. The van der Waals surface area contributed by atoms with Crippen molar-refractivity contribution in [3.63, 3.8) is 0 Å². The highest BCUT2D eigenvalue weighted by molar-refractivity contribution is 5.90. The molecule has 0 unspecified atom stereocenters. The summed E-state index contributed by atoms with van der Waals surface area (Å²) in [5.41, 5.74) is -2.70. The summed E-state index contributed by atoms with van der Waals surface area (Å²) >= 11 is 0.